The SMILES string of the molecule is CCc1ccc(NC(=O)CC(NC(N)=O)c2ccccc2C)cc1. The number of anilines is 1. The minimum atomic E-state index is -0.650. The normalized spacial score (nSPS) is 11.6. The third kappa shape index (κ3) is 4.84. The number of carbonyl (C=O) groups excluding carboxylic acids is 2. The highest BCUT2D eigenvalue weighted by Crippen LogP contribution is 2.21. The van der Waals surface area contributed by atoms with Crippen molar-refractivity contribution < 1.29 is 9.59 Å². The molecule has 5 heteroatoms. The van der Waals surface area contributed by atoms with Crippen LogP contribution < -0.4 is 16.4 Å². The van der Waals surface area contributed by atoms with Gasteiger partial charge >= 0.3 is 6.03 Å². The van der Waals surface area contributed by atoms with E-state index < -0.39 is 12.1 Å². The summed E-state index contributed by atoms with van der Waals surface area (Å²) in [4.78, 5) is 23.6. The van der Waals surface area contributed by atoms with Crippen LogP contribution in [0, 0.1) is 6.92 Å². The van der Waals surface area contributed by atoms with Crippen molar-refractivity contribution in [2.24, 2.45) is 5.73 Å². The van der Waals surface area contributed by atoms with Crippen LogP contribution in [0.3, 0.4) is 0 Å². The largest absolute Gasteiger partial charge is 0.352 e. The number of aryl methyl sites for hydroxylation is 2. The molecule has 2 rings (SSSR count). The molecule has 3 amide bonds. The summed E-state index contributed by atoms with van der Waals surface area (Å²) in [5, 5.41) is 5.51. The van der Waals surface area contributed by atoms with Gasteiger partial charge in [-0.1, -0.05) is 43.3 Å². The van der Waals surface area contributed by atoms with E-state index in [1.54, 1.807) is 0 Å². The molecule has 24 heavy (non-hydrogen) atoms. The lowest BCUT2D eigenvalue weighted by Gasteiger charge is -2.19. The van der Waals surface area contributed by atoms with E-state index >= 15 is 0 Å². The van der Waals surface area contributed by atoms with Crippen LogP contribution in [0.4, 0.5) is 10.5 Å². The van der Waals surface area contributed by atoms with Gasteiger partial charge in [-0.05, 0) is 42.2 Å². The molecule has 0 saturated heterocycles. The van der Waals surface area contributed by atoms with E-state index in [1.807, 2.05) is 55.5 Å². The van der Waals surface area contributed by atoms with Gasteiger partial charge in [0.05, 0.1) is 12.5 Å². The Morgan fingerprint density at radius 2 is 1.75 bits per heavy atom. The molecule has 0 saturated carbocycles. The van der Waals surface area contributed by atoms with Crippen LogP contribution in [0.15, 0.2) is 48.5 Å². The molecule has 0 radical (unpaired) electrons. The molecule has 0 aromatic heterocycles. The van der Waals surface area contributed by atoms with Gasteiger partial charge < -0.3 is 16.4 Å². The van der Waals surface area contributed by atoms with Crippen molar-refractivity contribution in [2.75, 3.05) is 5.32 Å². The zero-order valence-electron chi connectivity index (χ0n) is 14.0. The molecule has 1 atom stereocenters. The number of hydrogen-bond donors (Lipinski definition) is 3. The molecular weight excluding hydrogens is 302 g/mol. The summed E-state index contributed by atoms with van der Waals surface area (Å²) in [7, 11) is 0. The third-order valence-electron chi connectivity index (χ3n) is 3.92. The standard InChI is InChI=1S/C19H23N3O2/c1-3-14-8-10-15(11-9-14)21-18(23)12-17(22-19(20)24)16-7-5-4-6-13(16)2/h4-11,17H,3,12H2,1-2H3,(H,21,23)(H3,20,22,24). The van der Waals surface area contributed by atoms with E-state index in [4.69, 9.17) is 5.73 Å². The first-order chi connectivity index (χ1) is 11.5. The van der Waals surface area contributed by atoms with E-state index in [1.165, 1.54) is 5.56 Å². The van der Waals surface area contributed by atoms with Crippen LogP contribution >= 0.6 is 0 Å². The molecule has 0 aliphatic carbocycles. The molecule has 0 fully saturated rings. The van der Waals surface area contributed by atoms with Gasteiger partial charge in [0.25, 0.3) is 0 Å². The predicted octanol–water partition coefficient (Wildman–Crippen LogP) is 3.30. The van der Waals surface area contributed by atoms with E-state index in [0.717, 1.165) is 23.2 Å². The number of amides is 3. The Morgan fingerprint density at radius 1 is 1.08 bits per heavy atom. The van der Waals surface area contributed by atoms with Gasteiger partial charge in [-0.15, -0.1) is 0 Å². The fourth-order valence-corrected chi connectivity index (χ4v) is 2.61. The Balaban J connectivity index is 2.09. The maximum absolute atomic E-state index is 12.3. The maximum atomic E-state index is 12.3. The number of hydrogen-bond acceptors (Lipinski definition) is 2. The van der Waals surface area contributed by atoms with E-state index in [2.05, 4.69) is 17.6 Å². The first kappa shape index (κ1) is 17.5. The summed E-state index contributed by atoms with van der Waals surface area (Å²) in [5.41, 5.74) is 9.08. The highest BCUT2D eigenvalue weighted by molar-refractivity contribution is 5.91. The quantitative estimate of drug-likeness (QED) is 0.761. The van der Waals surface area contributed by atoms with Gasteiger partial charge in [0.15, 0.2) is 0 Å². The lowest BCUT2D eigenvalue weighted by Crippen LogP contribution is -2.35. The Hall–Kier alpha value is -2.82. The highest BCUT2D eigenvalue weighted by Gasteiger charge is 2.19. The van der Waals surface area contributed by atoms with Crippen LogP contribution in [0.25, 0.3) is 0 Å². The second kappa shape index (κ2) is 8.15. The van der Waals surface area contributed by atoms with Crippen molar-refractivity contribution in [2.45, 2.75) is 32.7 Å². The number of nitrogens with one attached hydrogen (secondary N) is 2. The molecule has 0 spiro atoms. The molecular formula is C19H23N3O2. The Morgan fingerprint density at radius 3 is 2.33 bits per heavy atom. The zero-order chi connectivity index (χ0) is 17.5. The van der Waals surface area contributed by atoms with Gasteiger partial charge in [0, 0.05) is 5.69 Å². The first-order valence-electron chi connectivity index (χ1n) is 8.00. The second-order valence-electron chi connectivity index (χ2n) is 5.72. The Kier molecular flexibility index (Phi) is 5.95. The molecule has 0 aliphatic rings. The number of urea groups is 1. The van der Waals surface area contributed by atoms with Gasteiger partial charge in [-0.2, -0.15) is 0 Å². The average molecular weight is 325 g/mol. The van der Waals surface area contributed by atoms with Gasteiger partial charge in [0.2, 0.25) is 5.91 Å². The smallest absolute Gasteiger partial charge is 0.312 e. The van der Waals surface area contributed by atoms with Crippen LogP contribution in [0.1, 0.15) is 36.1 Å². The fourth-order valence-electron chi connectivity index (χ4n) is 2.61. The lowest BCUT2D eigenvalue weighted by atomic mass is 9.98. The molecule has 2 aromatic carbocycles. The minimum Gasteiger partial charge on any atom is -0.352 e. The summed E-state index contributed by atoms with van der Waals surface area (Å²) >= 11 is 0. The van der Waals surface area contributed by atoms with Crippen molar-refractivity contribution in [3.63, 3.8) is 0 Å². The van der Waals surface area contributed by atoms with E-state index in [-0.39, 0.29) is 12.3 Å². The predicted molar refractivity (Wildman–Crippen MR) is 95.7 cm³/mol. The van der Waals surface area contributed by atoms with Crippen LogP contribution in [0.5, 0.6) is 0 Å². The van der Waals surface area contributed by atoms with Gasteiger partial charge in [-0.3, -0.25) is 4.79 Å². The van der Waals surface area contributed by atoms with Crippen LogP contribution in [0.2, 0.25) is 0 Å². The van der Waals surface area contributed by atoms with E-state index in [0.29, 0.717) is 0 Å². The summed E-state index contributed by atoms with van der Waals surface area (Å²) in [6, 6.07) is 14.2. The number of rotatable bonds is 6. The second-order valence-corrected chi connectivity index (χ2v) is 5.72. The summed E-state index contributed by atoms with van der Waals surface area (Å²) < 4.78 is 0. The van der Waals surface area contributed by atoms with Crippen molar-refractivity contribution in [3.05, 3.63) is 65.2 Å². The van der Waals surface area contributed by atoms with Crippen molar-refractivity contribution in [3.8, 4) is 0 Å². The van der Waals surface area contributed by atoms with Crippen molar-refractivity contribution in [1.29, 1.82) is 0 Å². The van der Waals surface area contributed by atoms with Gasteiger partial charge in [-0.25, -0.2) is 4.79 Å². The van der Waals surface area contributed by atoms with E-state index in [9.17, 15) is 9.59 Å². The minimum absolute atomic E-state index is 0.114. The molecule has 126 valence electrons. The molecule has 0 aliphatic heterocycles. The number of benzene rings is 2. The topological polar surface area (TPSA) is 84.2 Å². The molecule has 4 N–H and O–H groups in total. The Bertz CT molecular complexity index is 711. The first-order valence-corrected chi connectivity index (χ1v) is 8.00. The molecule has 1 unspecified atom stereocenters. The molecule has 5 nitrogen and oxygen atoms in total. The fraction of sp³-hybridized carbons (Fsp3) is 0.263. The third-order valence-corrected chi connectivity index (χ3v) is 3.92. The van der Waals surface area contributed by atoms with Crippen molar-refractivity contribution in [1.82, 2.24) is 5.32 Å². The lowest BCUT2D eigenvalue weighted by molar-refractivity contribution is -0.116. The monoisotopic (exact) mass is 325 g/mol. The molecule has 0 heterocycles. The molecule has 2 aromatic rings. The van der Waals surface area contributed by atoms with Gasteiger partial charge in [0.1, 0.15) is 0 Å². The molecule has 0 bridgehead atoms. The maximum Gasteiger partial charge on any atom is 0.312 e. The summed E-state index contributed by atoms with van der Waals surface area (Å²) in [6.07, 6.45) is 1.06. The average Bonchev–Trinajstić information content (AvgIpc) is 2.55. The number of nitrogens with two attached hydrogens (primary N) is 1. The Labute approximate surface area is 142 Å². The van der Waals surface area contributed by atoms with Crippen LogP contribution in [-0.2, 0) is 11.2 Å². The van der Waals surface area contributed by atoms with Crippen LogP contribution in [-0.4, -0.2) is 11.9 Å². The summed E-state index contributed by atoms with van der Waals surface area (Å²) in [5.74, 6) is -0.179. The van der Waals surface area contributed by atoms with Crippen molar-refractivity contribution >= 4 is 17.6 Å². The number of primary amides is 1. The zero-order valence-corrected chi connectivity index (χ0v) is 14.0. The highest BCUT2D eigenvalue weighted by atomic mass is 16.2. The number of carbonyl (C=O) groups is 2. The summed E-state index contributed by atoms with van der Waals surface area (Å²) in [6.45, 7) is 4.02.